The number of hydrogen-bond donors (Lipinski definition) is 0. The molecule has 4 aromatic heterocycles. The van der Waals surface area contributed by atoms with E-state index in [0.717, 1.165) is 77.3 Å². The molecule has 0 amide bonds. The van der Waals surface area contributed by atoms with Crippen molar-refractivity contribution < 1.29 is 24.7 Å². The normalized spacial score (nSPS) is 14.0. The minimum atomic E-state index is -2.74. The Labute approximate surface area is 388 Å². The summed E-state index contributed by atoms with van der Waals surface area (Å²) in [4.78, 5) is 4.73. The third kappa shape index (κ3) is 6.48. The van der Waals surface area contributed by atoms with Crippen LogP contribution in [0.25, 0.3) is 94.2 Å². The van der Waals surface area contributed by atoms with Crippen LogP contribution in [0.15, 0.2) is 199 Å². The first kappa shape index (κ1) is 30.8. The fraction of sp³-hybridized carbons (Fsp3) is 0.0847. The van der Waals surface area contributed by atoms with Crippen LogP contribution < -0.4 is 9.30 Å². The Morgan fingerprint density at radius 3 is 2.25 bits per heavy atom. The van der Waals surface area contributed by atoms with E-state index < -0.39 is 37.1 Å². The Balaban J connectivity index is 0.959. The lowest BCUT2D eigenvalue weighted by atomic mass is 9.83. The van der Waals surface area contributed by atoms with Gasteiger partial charge in [-0.2, -0.15) is 0 Å². The van der Waals surface area contributed by atoms with Gasteiger partial charge in [0.2, 0.25) is 0 Å². The average Bonchev–Trinajstić information content (AvgIpc) is 4.06. The fourth-order valence-electron chi connectivity index (χ4n) is 9.17. The Morgan fingerprint density at radius 2 is 1.38 bits per heavy atom. The Kier molecular flexibility index (Phi) is 7.08. The highest BCUT2D eigenvalue weighted by Crippen LogP contribution is 2.39. The Hall–Kier alpha value is -8.22. The zero-order chi connectivity index (χ0) is 50.7. The van der Waals surface area contributed by atoms with Crippen molar-refractivity contribution in [3.05, 3.63) is 212 Å². The van der Waals surface area contributed by atoms with Crippen LogP contribution in [0.5, 0.6) is 11.5 Å². The number of fused-ring (bicyclic) bond motifs is 7. The molecule has 0 aliphatic heterocycles. The van der Waals surface area contributed by atoms with E-state index in [2.05, 4.69) is 90.8 Å². The number of imidazole rings is 1. The smallest absolute Gasteiger partial charge is 0.269 e. The summed E-state index contributed by atoms with van der Waals surface area (Å²) in [5, 5.41) is 3.89. The summed E-state index contributed by atoms with van der Waals surface area (Å²) < 4.78 is 86.6. The number of rotatable bonds is 7. The van der Waals surface area contributed by atoms with Gasteiger partial charge in [-0.25, -0.2) is 4.98 Å². The number of benzene rings is 8. The van der Waals surface area contributed by atoms with E-state index in [1.807, 2.05) is 102 Å². The molecule has 0 unspecified atom stereocenters. The number of hydrogen-bond acceptors (Lipinski definition) is 3. The minimum Gasteiger partial charge on any atom is -0.458 e. The first-order valence-corrected chi connectivity index (χ1v) is 21.5. The zero-order valence-corrected chi connectivity index (χ0v) is 35.7. The van der Waals surface area contributed by atoms with Crippen LogP contribution >= 0.6 is 0 Å². The maximum absolute atomic E-state index is 8.62. The number of aryl methyl sites for hydroxylation is 1. The SMILES string of the molecule is [2H]c1c([2H])c([2H])c(-c2cnc(-n3c4ccccc4c4ccc(Oc5cccc(-n6[c-][n+](-c7c(-c8ccc9oc%10ccccc%10c9c8)cccc7C(C)(C)C)c7ccccc76)c5)cc43)cc2C([2H])([2H])[2H])c([2H])c1[2H]. The van der Waals surface area contributed by atoms with Crippen molar-refractivity contribution in [3.63, 3.8) is 0 Å². The maximum atomic E-state index is 8.62. The molecule has 0 atom stereocenters. The van der Waals surface area contributed by atoms with Gasteiger partial charge in [-0.1, -0.05) is 142 Å². The molecule has 0 spiro atoms. The van der Waals surface area contributed by atoms with Crippen LogP contribution in [-0.2, 0) is 5.41 Å². The largest absolute Gasteiger partial charge is 0.458 e. The number of pyridine rings is 1. The van der Waals surface area contributed by atoms with Crippen molar-refractivity contribution in [1.29, 1.82) is 0 Å². The summed E-state index contributed by atoms with van der Waals surface area (Å²) in [5.74, 6) is 1.35. The van der Waals surface area contributed by atoms with Crippen LogP contribution in [0.2, 0.25) is 0 Å². The second-order valence-corrected chi connectivity index (χ2v) is 17.2. The highest BCUT2D eigenvalue weighted by molar-refractivity contribution is 6.09. The molecular weight excluding hydrogens is 797 g/mol. The van der Waals surface area contributed by atoms with Crippen LogP contribution in [0.3, 0.4) is 0 Å². The third-order valence-electron chi connectivity index (χ3n) is 12.2. The number of nitrogens with zero attached hydrogens (tertiary/aromatic N) is 4. The van der Waals surface area contributed by atoms with Gasteiger partial charge in [0.25, 0.3) is 6.33 Å². The molecule has 12 rings (SSSR count). The molecule has 0 fully saturated rings. The average molecular weight is 849 g/mol. The highest BCUT2D eigenvalue weighted by atomic mass is 16.5. The van der Waals surface area contributed by atoms with E-state index in [0.29, 0.717) is 17.0 Å². The highest BCUT2D eigenvalue weighted by Gasteiger charge is 2.25. The summed E-state index contributed by atoms with van der Waals surface area (Å²) in [5.41, 5.74) is 9.44. The minimum absolute atomic E-state index is 0.0661. The zero-order valence-electron chi connectivity index (χ0n) is 43.7. The van der Waals surface area contributed by atoms with Gasteiger partial charge >= 0.3 is 0 Å². The monoisotopic (exact) mass is 848 g/mol. The topological polar surface area (TPSA) is 49.0 Å². The Bertz CT molecular complexity index is 4210. The molecule has 312 valence electrons. The molecule has 0 N–H and O–H groups in total. The van der Waals surface area contributed by atoms with E-state index in [1.54, 1.807) is 0 Å². The Morgan fingerprint density at radius 1 is 0.631 bits per heavy atom. The van der Waals surface area contributed by atoms with Gasteiger partial charge in [-0.3, -0.25) is 13.7 Å². The first-order chi connectivity index (χ1) is 35.0. The summed E-state index contributed by atoms with van der Waals surface area (Å²) in [6.07, 6.45) is 5.05. The lowest BCUT2D eigenvalue weighted by Crippen LogP contribution is -2.34. The van der Waals surface area contributed by atoms with Crippen LogP contribution in [0.4, 0.5) is 0 Å². The fourth-order valence-corrected chi connectivity index (χ4v) is 9.17. The van der Waals surface area contributed by atoms with Crippen molar-refractivity contribution >= 4 is 54.8 Å². The summed E-state index contributed by atoms with van der Waals surface area (Å²) >= 11 is 0. The molecule has 0 bridgehead atoms. The molecule has 65 heavy (non-hydrogen) atoms. The van der Waals surface area contributed by atoms with Crippen LogP contribution in [0.1, 0.15) is 42.9 Å². The molecule has 4 heterocycles. The molecule has 0 radical (unpaired) electrons. The van der Waals surface area contributed by atoms with E-state index in [9.17, 15) is 0 Å². The van der Waals surface area contributed by atoms with Crippen molar-refractivity contribution in [1.82, 2.24) is 14.1 Å². The summed E-state index contributed by atoms with van der Waals surface area (Å²) in [7, 11) is 0. The van der Waals surface area contributed by atoms with Gasteiger partial charge in [0.15, 0.2) is 0 Å². The molecule has 0 aliphatic rings. The van der Waals surface area contributed by atoms with Crippen LogP contribution in [0, 0.1) is 13.2 Å². The molecule has 0 saturated heterocycles. The van der Waals surface area contributed by atoms with E-state index in [4.69, 9.17) is 25.1 Å². The first-order valence-electron chi connectivity index (χ1n) is 25.5. The van der Waals surface area contributed by atoms with E-state index in [1.165, 1.54) is 12.3 Å². The second kappa shape index (κ2) is 15.0. The molecule has 0 aliphatic carbocycles. The van der Waals surface area contributed by atoms with Gasteiger partial charge in [0.05, 0.1) is 40.3 Å². The van der Waals surface area contributed by atoms with Crippen LogP contribution in [-0.4, -0.2) is 14.1 Å². The lowest BCUT2D eigenvalue weighted by molar-refractivity contribution is -0.572. The predicted octanol–water partition coefficient (Wildman–Crippen LogP) is 14.8. The number of para-hydroxylation sites is 5. The molecule has 0 saturated carbocycles. The van der Waals surface area contributed by atoms with Crippen molar-refractivity contribution in [3.8, 4) is 50.9 Å². The van der Waals surface area contributed by atoms with Crippen molar-refractivity contribution in [2.75, 3.05) is 0 Å². The second-order valence-electron chi connectivity index (χ2n) is 17.2. The number of furan rings is 1. The van der Waals surface area contributed by atoms with Gasteiger partial charge in [-0.15, -0.1) is 0 Å². The molecule has 6 heteroatoms. The van der Waals surface area contributed by atoms with Crippen molar-refractivity contribution in [2.45, 2.75) is 33.0 Å². The lowest BCUT2D eigenvalue weighted by Gasteiger charge is -2.26. The standard InChI is InChI=1S/C59H44N4O2/c1-38-32-57(60-36-49(38)39-16-6-5-7-17-39)63-51-24-10-8-20-45(51)46-30-29-43(35-54(46)63)64-42-19-14-18-41(34-42)61-37-62(53-26-12-11-25-52(53)61)58-44(22-15-23-50(58)59(2,3)4)40-28-31-56-48(33-40)47-21-9-13-27-55(47)65-56/h5-36H,1-4H3/i1D3,5D,6D,7D,16D,17D. The van der Waals surface area contributed by atoms with Gasteiger partial charge < -0.3 is 9.15 Å². The van der Waals surface area contributed by atoms with Gasteiger partial charge in [0.1, 0.15) is 28.5 Å². The van der Waals surface area contributed by atoms with Gasteiger partial charge in [-0.05, 0) is 101 Å². The van der Waals surface area contributed by atoms with E-state index >= 15 is 0 Å². The number of ether oxygens (including phenoxy) is 1. The maximum Gasteiger partial charge on any atom is 0.269 e. The van der Waals surface area contributed by atoms with E-state index in [-0.39, 0.29) is 27.9 Å². The predicted molar refractivity (Wildman–Crippen MR) is 264 cm³/mol. The third-order valence-corrected chi connectivity index (χ3v) is 12.2. The number of aromatic nitrogens is 4. The van der Waals surface area contributed by atoms with Crippen molar-refractivity contribution in [2.24, 2.45) is 0 Å². The van der Waals surface area contributed by atoms with Gasteiger partial charge in [0, 0.05) is 43.5 Å². The summed E-state index contributed by atoms with van der Waals surface area (Å²) in [6.45, 7) is 3.96. The molecule has 6 nitrogen and oxygen atoms in total. The quantitative estimate of drug-likeness (QED) is 0.119. The molecule has 8 aromatic carbocycles. The summed E-state index contributed by atoms with van der Waals surface area (Å²) in [6, 6.07) is 49.3. The molecular formula is C59H44N4O2. The molecule has 12 aromatic rings.